The van der Waals surface area contributed by atoms with Crippen molar-refractivity contribution in [3.63, 3.8) is 0 Å². The second kappa shape index (κ2) is 5.69. The van der Waals surface area contributed by atoms with Gasteiger partial charge in [0.25, 0.3) is 0 Å². The first-order chi connectivity index (χ1) is 11.8. The summed E-state index contributed by atoms with van der Waals surface area (Å²) in [5.74, 6) is -0.296. The predicted octanol–water partition coefficient (Wildman–Crippen LogP) is 2.84. The van der Waals surface area contributed by atoms with Crippen molar-refractivity contribution in [1.82, 2.24) is 14.6 Å². The minimum absolute atomic E-state index is 0.142. The molecule has 0 aliphatic heterocycles. The van der Waals surface area contributed by atoms with Crippen molar-refractivity contribution in [2.24, 2.45) is 0 Å². The van der Waals surface area contributed by atoms with Crippen molar-refractivity contribution >= 4 is 22.6 Å². The second-order valence-corrected chi connectivity index (χ2v) is 5.10. The van der Waals surface area contributed by atoms with Gasteiger partial charge in [-0.2, -0.15) is 5.10 Å². The van der Waals surface area contributed by atoms with Gasteiger partial charge in [0, 0.05) is 0 Å². The molecule has 3 heterocycles. The Bertz CT molecular complexity index is 1020. The molecule has 4 aromatic rings. The van der Waals surface area contributed by atoms with E-state index in [1.165, 1.54) is 24.2 Å². The van der Waals surface area contributed by atoms with Crippen molar-refractivity contribution in [2.75, 3.05) is 7.11 Å². The number of pyridine rings is 1. The summed E-state index contributed by atoms with van der Waals surface area (Å²) in [6.45, 7) is 0.279. The van der Waals surface area contributed by atoms with Gasteiger partial charge in [0.05, 0.1) is 18.8 Å². The third-order valence-electron chi connectivity index (χ3n) is 3.69. The van der Waals surface area contributed by atoms with Crippen LogP contribution in [-0.2, 0) is 11.3 Å². The molecular formula is C17H13N3O4. The van der Waals surface area contributed by atoms with E-state index in [1.54, 1.807) is 6.07 Å². The Balaban J connectivity index is 1.90. The molecule has 7 nitrogen and oxygen atoms in total. The van der Waals surface area contributed by atoms with Crippen LogP contribution in [0.15, 0.2) is 53.4 Å². The number of methoxy groups -OCH3 is 1. The van der Waals surface area contributed by atoms with Crippen LogP contribution in [0.3, 0.4) is 0 Å². The van der Waals surface area contributed by atoms with Crippen LogP contribution < -0.4 is 4.74 Å². The Morgan fingerprint density at radius 3 is 2.88 bits per heavy atom. The van der Waals surface area contributed by atoms with E-state index in [0.717, 1.165) is 5.56 Å². The number of aromatic nitrogens is 3. The number of benzene rings is 1. The summed E-state index contributed by atoms with van der Waals surface area (Å²) in [6, 6.07) is 11.4. The lowest BCUT2D eigenvalue weighted by Gasteiger charge is -2.12. The summed E-state index contributed by atoms with van der Waals surface area (Å²) < 4.78 is 17.7. The highest BCUT2D eigenvalue weighted by molar-refractivity contribution is 6.02. The first-order valence-corrected chi connectivity index (χ1v) is 7.27. The number of hydrogen-bond donors (Lipinski definition) is 0. The minimum atomic E-state index is -0.577. The van der Waals surface area contributed by atoms with Crippen molar-refractivity contribution in [3.05, 3.63) is 60.2 Å². The third kappa shape index (κ3) is 2.18. The zero-order valence-electron chi connectivity index (χ0n) is 12.8. The summed E-state index contributed by atoms with van der Waals surface area (Å²) in [7, 11) is 1.30. The first kappa shape index (κ1) is 14.3. The highest BCUT2D eigenvalue weighted by atomic mass is 16.5. The van der Waals surface area contributed by atoms with Gasteiger partial charge in [-0.1, -0.05) is 30.3 Å². The van der Waals surface area contributed by atoms with Crippen LogP contribution in [0.2, 0.25) is 0 Å². The van der Waals surface area contributed by atoms with E-state index in [2.05, 4.69) is 10.1 Å². The quantitative estimate of drug-likeness (QED) is 0.537. The summed E-state index contributed by atoms with van der Waals surface area (Å²) >= 11 is 0. The third-order valence-corrected chi connectivity index (χ3v) is 3.69. The minimum Gasteiger partial charge on any atom is -0.483 e. The predicted molar refractivity (Wildman–Crippen MR) is 84.9 cm³/mol. The summed E-state index contributed by atoms with van der Waals surface area (Å²) in [5, 5.41) is 4.83. The summed E-state index contributed by atoms with van der Waals surface area (Å²) in [5.41, 5.74) is 2.05. The Labute approximate surface area is 136 Å². The maximum Gasteiger partial charge on any atom is 0.360 e. The zero-order valence-corrected chi connectivity index (χ0v) is 12.8. The molecule has 7 heteroatoms. The molecule has 24 heavy (non-hydrogen) atoms. The molecule has 0 saturated heterocycles. The average molecular weight is 323 g/mol. The van der Waals surface area contributed by atoms with Gasteiger partial charge in [0.2, 0.25) is 0 Å². The molecule has 0 bridgehead atoms. The largest absolute Gasteiger partial charge is 0.483 e. The number of ether oxygens (including phenoxy) is 2. The maximum absolute atomic E-state index is 12.3. The van der Waals surface area contributed by atoms with Gasteiger partial charge >= 0.3 is 5.97 Å². The van der Waals surface area contributed by atoms with Gasteiger partial charge < -0.3 is 13.9 Å². The van der Waals surface area contributed by atoms with E-state index < -0.39 is 5.97 Å². The average Bonchev–Trinajstić information content (AvgIpc) is 3.28. The molecular weight excluding hydrogens is 310 g/mol. The molecule has 0 N–H and O–H groups in total. The lowest BCUT2D eigenvalue weighted by molar-refractivity contribution is 0.0585. The lowest BCUT2D eigenvalue weighted by Crippen LogP contribution is -2.13. The Morgan fingerprint density at radius 2 is 2.08 bits per heavy atom. The van der Waals surface area contributed by atoms with E-state index >= 15 is 0 Å². The topological polar surface area (TPSA) is 78.9 Å². The van der Waals surface area contributed by atoms with Crippen LogP contribution in [0.4, 0.5) is 0 Å². The fourth-order valence-electron chi connectivity index (χ4n) is 2.59. The number of esters is 1. The van der Waals surface area contributed by atoms with Crippen LogP contribution in [0, 0.1) is 0 Å². The van der Waals surface area contributed by atoms with Gasteiger partial charge in [-0.25, -0.2) is 14.3 Å². The number of fused-ring (bicyclic) bond motifs is 3. The van der Waals surface area contributed by atoms with Crippen LogP contribution in [0.1, 0.15) is 16.1 Å². The van der Waals surface area contributed by atoms with E-state index in [9.17, 15) is 4.79 Å². The Kier molecular flexibility index (Phi) is 3.38. The van der Waals surface area contributed by atoms with Gasteiger partial charge in [-0.3, -0.25) is 0 Å². The molecule has 3 aromatic heterocycles. The Hall–Kier alpha value is -3.35. The maximum atomic E-state index is 12.3. The van der Waals surface area contributed by atoms with Gasteiger partial charge in [0.15, 0.2) is 22.7 Å². The van der Waals surface area contributed by atoms with Crippen molar-refractivity contribution in [2.45, 2.75) is 6.61 Å². The fourth-order valence-corrected chi connectivity index (χ4v) is 2.59. The van der Waals surface area contributed by atoms with Crippen LogP contribution in [-0.4, -0.2) is 27.7 Å². The van der Waals surface area contributed by atoms with Crippen LogP contribution in [0.5, 0.6) is 5.75 Å². The second-order valence-electron chi connectivity index (χ2n) is 5.10. The van der Waals surface area contributed by atoms with E-state index in [0.29, 0.717) is 16.6 Å². The molecule has 0 radical (unpaired) electrons. The highest BCUT2D eigenvalue weighted by Gasteiger charge is 2.25. The van der Waals surface area contributed by atoms with E-state index in [-0.39, 0.29) is 18.1 Å². The number of hydrogen-bond acceptors (Lipinski definition) is 6. The molecule has 0 aliphatic carbocycles. The number of rotatable bonds is 4. The molecule has 0 unspecified atom stereocenters. The van der Waals surface area contributed by atoms with Crippen LogP contribution in [0.25, 0.3) is 16.6 Å². The van der Waals surface area contributed by atoms with Crippen molar-refractivity contribution in [3.8, 4) is 5.75 Å². The summed E-state index contributed by atoms with van der Waals surface area (Å²) in [4.78, 5) is 16.5. The first-order valence-electron chi connectivity index (χ1n) is 7.27. The monoisotopic (exact) mass is 323 g/mol. The Morgan fingerprint density at radius 1 is 1.25 bits per heavy atom. The molecule has 0 aliphatic rings. The molecule has 0 amide bonds. The van der Waals surface area contributed by atoms with Crippen molar-refractivity contribution < 1.29 is 18.7 Å². The van der Waals surface area contributed by atoms with E-state index in [4.69, 9.17) is 13.9 Å². The lowest BCUT2D eigenvalue weighted by atomic mass is 10.2. The molecule has 0 saturated carbocycles. The molecule has 0 fully saturated rings. The molecule has 0 atom stereocenters. The normalized spacial score (nSPS) is 11.0. The highest BCUT2D eigenvalue weighted by Crippen LogP contribution is 2.34. The summed E-state index contributed by atoms with van der Waals surface area (Å²) in [6.07, 6.45) is 2.89. The number of nitrogens with zero attached hydrogens (tertiary/aromatic N) is 3. The number of carbonyl (C=O) groups is 1. The van der Waals surface area contributed by atoms with Crippen LogP contribution >= 0.6 is 0 Å². The molecule has 1 aromatic carbocycles. The standard InChI is InChI=1S/C17H13N3O4/c1-22-17(21)13-15(24-9-11-5-3-2-4-6-11)14-12(7-8-23-14)16-18-10-19-20(13)16/h2-8,10H,9H2,1H3. The zero-order chi connectivity index (χ0) is 16.5. The molecule has 4 rings (SSSR count). The molecule has 0 spiro atoms. The van der Waals surface area contributed by atoms with E-state index in [1.807, 2.05) is 30.3 Å². The number of carbonyl (C=O) groups excluding carboxylic acids is 1. The fraction of sp³-hybridized carbons (Fsp3) is 0.118. The van der Waals surface area contributed by atoms with Crippen molar-refractivity contribution in [1.29, 1.82) is 0 Å². The number of furan rings is 1. The molecule has 120 valence electrons. The van der Waals surface area contributed by atoms with Gasteiger partial charge in [0.1, 0.15) is 12.9 Å². The van der Waals surface area contributed by atoms with Gasteiger partial charge in [-0.15, -0.1) is 0 Å². The SMILES string of the molecule is COC(=O)c1c(OCc2ccccc2)c2occc2c2ncnn12. The smallest absolute Gasteiger partial charge is 0.360 e. The van der Waals surface area contributed by atoms with Gasteiger partial charge in [-0.05, 0) is 11.6 Å².